The van der Waals surface area contributed by atoms with Gasteiger partial charge in [-0.3, -0.25) is 0 Å². The number of ether oxygens (including phenoxy) is 1. The van der Waals surface area contributed by atoms with Crippen molar-refractivity contribution in [3.8, 4) is 0 Å². The number of rotatable bonds is 0. The molecule has 3 heteroatoms. The van der Waals surface area contributed by atoms with E-state index in [0.29, 0.717) is 12.2 Å². The summed E-state index contributed by atoms with van der Waals surface area (Å²) in [6.07, 6.45) is 3.96. The lowest BCUT2D eigenvalue weighted by Crippen LogP contribution is -2.33. The first kappa shape index (κ1) is 10.6. The third kappa shape index (κ3) is 0.981. The Morgan fingerprint density at radius 3 is 1.94 bits per heavy atom. The molecule has 0 unspecified atom stereocenters. The summed E-state index contributed by atoms with van der Waals surface area (Å²) in [5.74, 6) is 0. The van der Waals surface area contributed by atoms with Gasteiger partial charge >= 0.3 is 0 Å². The van der Waals surface area contributed by atoms with E-state index in [4.69, 9.17) is 4.74 Å². The molecule has 1 nitrogen and oxygen atoms in total. The van der Waals surface area contributed by atoms with E-state index in [1.54, 1.807) is 11.1 Å². The van der Waals surface area contributed by atoms with Crippen LogP contribution in [0, 0.1) is 0 Å². The van der Waals surface area contributed by atoms with Crippen LogP contribution >= 0.6 is 31.9 Å². The van der Waals surface area contributed by atoms with E-state index in [9.17, 15) is 0 Å². The summed E-state index contributed by atoms with van der Waals surface area (Å²) < 4.78 is 6.60. The molecule has 1 saturated heterocycles. The summed E-state index contributed by atoms with van der Waals surface area (Å²) in [5, 5.41) is 0. The second-order valence-corrected chi connectivity index (χ2v) is 8.80. The average molecular weight is 368 g/mol. The molecule has 92 valence electrons. The van der Waals surface area contributed by atoms with Gasteiger partial charge in [-0.1, -0.05) is 56.1 Å². The predicted octanol–water partition coefficient (Wildman–Crippen LogP) is 3.53. The second-order valence-electron chi connectivity index (χ2n) is 5.97. The van der Waals surface area contributed by atoms with Crippen LogP contribution in [-0.4, -0.2) is 20.9 Å². The Morgan fingerprint density at radius 1 is 0.944 bits per heavy atom. The Balaban J connectivity index is 1.65. The molecule has 2 aliphatic heterocycles. The predicted molar refractivity (Wildman–Crippen MR) is 77.5 cm³/mol. The Morgan fingerprint density at radius 2 is 1.44 bits per heavy atom. The first-order valence-corrected chi connectivity index (χ1v) is 8.04. The van der Waals surface area contributed by atoms with Gasteiger partial charge in [0.05, 0.1) is 20.9 Å². The van der Waals surface area contributed by atoms with Crippen LogP contribution in [-0.2, 0) is 17.6 Å². The molecule has 4 aliphatic rings. The van der Waals surface area contributed by atoms with Gasteiger partial charge in [0, 0.05) is 0 Å². The summed E-state index contributed by atoms with van der Waals surface area (Å²) in [5.41, 5.74) is 6.10. The SMILES string of the molecule is Br[C@@]12C[C@]1(Br)[C@@H]1O[C@H]2C2=C1Cc1ccccc1C2. The highest BCUT2D eigenvalue weighted by Gasteiger charge is 2.81. The highest BCUT2D eigenvalue weighted by molar-refractivity contribution is 9.13. The number of halogens is 2. The van der Waals surface area contributed by atoms with Crippen molar-refractivity contribution in [2.24, 2.45) is 0 Å². The summed E-state index contributed by atoms with van der Waals surface area (Å²) >= 11 is 7.85. The molecule has 1 aromatic rings. The summed E-state index contributed by atoms with van der Waals surface area (Å²) in [4.78, 5) is 0. The molecule has 0 amide bonds. The van der Waals surface area contributed by atoms with Crippen LogP contribution in [0.2, 0.25) is 0 Å². The standard InChI is InChI=1S/C15H12Br2O/c16-14-7-15(14,17)13-11-6-9-4-2-1-3-8(9)5-10(11)12(14)18-13/h1-4,12-13H,5-7H2/t12-,13+,14+,15-. The summed E-state index contributed by atoms with van der Waals surface area (Å²) in [7, 11) is 0. The molecule has 5 rings (SSSR count). The molecule has 1 aromatic carbocycles. The van der Waals surface area contributed by atoms with E-state index in [-0.39, 0.29) is 8.65 Å². The number of hydrogen-bond acceptors (Lipinski definition) is 1. The Kier molecular flexibility index (Phi) is 1.75. The third-order valence-corrected chi connectivity index (χ3v) is 8.45. The smallest absolute Gasteiger partial charge is 0.0969 e. The maximum Gasteiger partial charge on any atom is 0.0969 e. The van der Waals surface area contributed by atoms with Crippen LogP contribution in [0.15, 0.2) is 35.4 Å². The highest BCUT2D eigenvalue weighted by Crippen LogP contribution is 2.75. The number of benzene rings is 1. The van der Waals surface area contributed by atoms with Gasteiger partial charge < -0.3 is 4.74 Å². The van der Waals surface area contributed by atoms with E-state index in [1.165, 1.54) is 17.5 Å². The number of alkyl halides is 2. The van der Waals surface area contributed by atoms with Gasteiger partial charge in [-0.2, -0.15) is 0 Å². The van der Waals surface area contributed by atoms with Crippen LogP contribution in [0.4, 0.5) is 0 Å². The van der Waals surface area contributed by atoms with Crippen molar-refractivity contribution < 1.29 is 4.74 Å². The lowest BCUT2D eigenvalue weighted by Gasteiger charge is -2.28. The molecule has 0 N–H and O–H groups in total. The Labute approximate surface area is 123 Å². The molecular weight excluding hydrogens is 356 g/mol. The van der Waals surface area contributed by atoms with Crippen molar-refractivity contribution in [1.82, 2.24) is 0 Å². The summed E-state index contributed by atoms with van der Waals surface area (Å²) in [6, 6.07) is 8.82. The van der Waals surface area contributed by atoms with E-state index in [0.717, 1.165) is 12.8 Å². The minimum atomic E-state index is 0.176. The van der Waals surface area contributed by atoms with Crippen molar-refractivity contribution in [2.45, 2.75) is 40.1 Å². The fraction of sp³-hybridized carbons (Fsp3) is 0.467. The van der Waals surface area contributed by atoms with Crippen molar-refractivity contribution in [3.05, 3.63) is 46.5 Å². The van der Waals surface area contributed by atoms with Gasteiger partial charge in [-0.15, -0.1) is 0 Å². The highest BCUT2D eigenvalue weighted by atomic mass is 79.9. The minimum absolute atomic E-state index is 0.176. The molecule has 0 spiro atoms. The van der Waals surface area contributed by atoms with Crippen molar-refractivity contribution >= 4 is 31.9 Å². The normalized spacial score (nSPS) is 46.8. The second kappa shape index (κ2) is 2.97. The molecule has 2 heterocycles. The van der Waals surface area contributed by atoms with Crippen LogP contribution in [0.5, 0.6) is 0 Å². The fourth-order valence-electron chi connectivity index (χ4n) is 4.08. The van der Waals surface area contributed by atoms with E-state index < -0.39 is 0 Å². The van der Waals surface area contributed by atoms with Gasteiger partial charge in [0.25, 0.3) is 0 Å². The number of hydrogen-bond donors (Lipinski definition) is 0. The first-order chi connectivity index (χ1) is 8.63. The number of fused-ring (bicyclic) bond motifs is 8. The Hall–Kier alpha value is -0.120. The quantitative estimate of drug-likeness (QED) is 0.503. The van der Waals surface area contributed by atoms with Gasteiger partial charge in [-0.25, -0.2) is 0 Å². The van der Waals surface area contributed by atoms with Crippen LogP contribution in [0.25, 0.3) is 0 Å². The third-order valence-electron chi connectivity index (χ3n) is 5.11. The minimum Gasteiger partial charge on any atom is -0.363 e. The zero-order chi connectivity index (χ0) is 12.1. The molecule has 2 fully saturated rings. The largest absolute Gasteiger partial charge is 0.363 e. The zero-order valence-electron chi connectivity index (χ0n) is 9.75. The molecule has 18 heavy (non-hydrogen) atoms. The van der Waals surface area contributed by atoms with E-state index in [1.807, 2.05) is 0 Å². The Bertz CT molecular complexity index is 572. The topological polar surface area (TPSA) is 9.23 Å². The van der Waals surface area contributed by atoms with Crippen LogP contribution in [0.1, 0.15) is 17.5 Å². The molecule has 2 aliphatic carbocycles. The van der Waals surface area contributed by atoms with Gasteiger partial charge in [0.2, 0.25) is 0 Å². The molecular formula is C15H12Br2O. The maximum absolute atomic E-state index is 6.25. The van der Waals surface area contributed by atoms with Crippen molar-refractivity contribution in [3.63, 3.8) is 0 Å². The summed E-state index contributed by atoms with van der Waals surface area (Å²) in [6.45, 7) is 0. The average Bonchev–Trinajstić information content (AvgIpc) is 2.70. The molecule has 1 saturated carbocycles. The van der Waals surface area contributed by atoms with Gasteiger partial charge in [0.15, 0.2) is 0 Å². The molecule has 2 bridgehead atoms. The van der Waals surface area contributed by atoms with Gasteiger partial charge in [-0.05, 0) is 41.5 Å². The van der Waals surface area contributed by atoms with E-state index >= 15 is 0 Å². The molecule has 4 atom stereocenters. The maximum atomic E-state index is 6.25. The van der Waals surface area contributed by atoms with Crippen LogP contribution < -0.4 is 0 Å². The fourth-order valence-corrected chi connectivity index (χ4v) is 6.53. The van der Waals surface area contributed by atoms with Crippen molar-refractivity contribution in [2.75, 3.05) is 0 Å². The lowest BCUT2D eigenvalue weighted by molar-refractivity contribution is 0.0869. The van der Waals surface area contributed by atoms with Crippen LogP contribution in [0.3, 0.4) is 0 Å². The molecule has 0 aromatic heterocycles. The molecule has 0 radical (unpaired) electrons. The monoisotopic (exact) mass is 366 g/mol. The van der Waals surface area contributed by atoms with E-state index in [2.05, 4.69) is 56.1 Å². The zero-order valence-corrected chi connectivity index (χ0v) is 12.9. The lowest BCUT2D eigenvalue weighted by atomic mass is 9.79. The first-order valence-electron chi connectivity index (χ1n) is 6.45. The van der Waals surface area contributed by atoms with Crippen molar-refractivity contribution in [1.29, 1.82) is 0 Å². The van der Waals surface area contributed by atoms with Gasteiger partial charge in [0.1, 0.15) is 0 Å².